The summed E-state index contributed by atoms with van der Waals surface area (Å²) >= 11 is 4.48. The number of hydrogen-bond donors (Lipinski definition) is 1. The predicted octanol–water partition coefficient (Wildman–Crippen LogP) is 3.04. The van der Waals surface area contributed by atoms with Gasteiger partial charge in [-0.15, -0.1) is 0 Å². The van der Waals surface area contributed by atoms with E-state index in [0.717, 1.165) is 41.0 Å². The number of aryl methyl sites for hydroxylation is 1. The van der Waals surface area contributed by atoms with Gasteiger partial charge in [0.05, 0.1) is 10.8 Å². The van der Waals surface area contributed by atoms with Gasteiger partial charge in [0.25, 0.3) is 0 Å². The summed E-state index contributed by atoms with van der Waals surface area (Å²) < 4.78 is 3.93. The quantitative estimate of drug-likeness (QED) is 0.329. The molecule has 4 heterocycles. The summed E-state index contributed by atoms with van der Waals surface area (Å²) in [6.07, 6.45) is 4.22. The van der Waals surface area contributed by atoms with E-state index in [-0.39, 0.29) is 0 Å². The van der Waals surface area contributed by atoms with Crippen LogP contribution < -0.4 is 0 Å². The van der Waals surface area contributed by atoms with Crippen LogP contribution in [0.2, 0.25) is 0 Å². The molecule has 0 saturated carbocycles. The molecule has 8 heteroatoms. The lowest BCUT2D eigenvalue weighted by Crippen LogP contribution is -2.01. The van der Waals surface area contributed by atoms with Gasteiger partial charge in [-0.1, -0.05) is 0 Å². The Bertz CT molecular complexity index is 1000. The standard InChI is InChI=1S/C14H10I2N6/c1-22-3-2-8-12(16)20-10(21-14(8)22)5-7-4-9-11(15)17-6-18-13(9)19-7/h2-4,6H,5H2,1H3,(H,17,18,19). The molecule has 1 N–H and O–H groups in total. The van der Waals surface area contributed by atoms with E-state index in [4.69, 9.17) is 0 Å². The fourth-order valence-electron chi connectivity index (χ4n) is 2.45. The highest BCUT2D eigenvalue weighted by Crippen LogP contribution is 2.21. The monoisotopic (exact) mass is 516 g/mol. The van der Waals surface area contributed by atoms with Crippen molar-refractivity contribution in [2.24, 2.45) is 7.05 Å². The predicted molar refractivity (Wildman–Crippen MR) is 101 cm³/mol. The van der Waals surface area contributed by atoms with Gasteiger partial charge in [0.2, 0.25) is 0 Å². The summed E-state index contributed by atoms with van der Waals surface area (Å²) in [7, 11) is 2.00. The third-order valence-corrected chi connectivity index (χ3v) is 5.19. The molecule has 110 valence electrons. The fourth-order valence-corrected chi connectivity index (χ4v) is 3.69. The molecule has 6 nitrogen and oxygen atoms in total. The van der Waals surface area contributed by atoms with Crippen LogP contribution in [0.4, 0.5) is 0 Å². The molecule has 0 atom stereocenters. The molecule has 0 bridgehead atoms. The fraction of sp³-hybridized carbons (Fsp3) is 0.143. The Morgan fingerprint density at radius 3 is 2.82 bits per heavy atom. The molecular formula is C14H10I2N6. The number of aromatic nitrogens is 6. The number of rotatable bonds is 2. The van der Waals surface area contributed by atoms with E-state index in [1.54, 1.807) is 6.33 Å². The minimum absolute atomic E-state index is 0.642. The molecule has 0 aliphatic rings. The van der Waals surface area contributed by atoms with Crippen molar-refractivity contribution in [3.8, 4) is 0 Å². The average Bonchev–Trinajstić information content (AvgIpc) is 3.05. The largest absolute Gasteiger partial charge is 0.343 e. The summed E-state index contributed by atoms with van der Waals surface area (Å²) in [6, 6.07) is 4.12. The van der Waals surface area contributed by atoms with Crippen LogP contribution >= 0.6 is 45.2 Å². The highest BCUT2D eigenvalue weighted by molar-refractivity contribution is 14.1. The number of nitrogens with one attached hydrogen (secondary N) is 1. The van der Waals surface area contributed by atoms with E-state index in [9.17, 15) is 0 Å². The molecule has 0 aromatic carbocycles. The second kappa shape index (κ2) is 5.41. The second-order valence-electron chi connectivity index (χ2n) is 4.99. The molecule has 0 amide bonds. The van der Waals surface area contributed by atoms with Crippen molar-refractivity contribution < 1.29 is 0 Å². The van der Waals surface area contributed by atoms with E-state index < -0.39 is 0 Å². The number of nitrogens with zero attached hydrogens (tertiary/aromatic N) is 5. The number of fused-ring (bicyclic) bond motifs is 2. The zero-order valence-corrected chi connectivity index (χ0v) is 15.8. The first-order chi connectivity index (χ1) is 10.6. The molecule has 4 aromatic heterocycles. The van der Waals surface area contributed by atoms with E-state index in [1.807, 2.05) is 23.9 Å². The van der Waals surface area contributed by atoms with Crippen LogP contribution in [-0.4, -0.2) is 29.5 Å². The van der Waals surface area contributed by atoms with E-state index in [1.165, 1.54) is 0 Å². The van der Waals surface area contributed by atoms with Gasteiger partial charge in [-0.25, -0.2) is 19.9 Å². The summed E-state index contributed by atoms with van der Waals surface area (Å²) in [5.74, 6) is 0.799. The van der Waals surface area contributed by atoms with Gasteiger partial charge >= 0.3 is 0 Å². The molecule has 0 aliphatic carbocycles. The van der Waals surface area contributed by atoms with E-state index >= 15 is 0 Å². The van der Waals surface area contributed by atoms with Crippen molar-refractivity contribution in [1.29, 1.82) is 0 Å². The highest BCUT2D eigenvalue weighted by Gasteiger charge is 2.11. The Balaban J connectivity index is 1.78. The Morgan fingerprint density at radius 1 is 1.14 bits per heavy atom. The molecule has 0 aliphatic heterocycles. The van der Waals surface area contributed by atoms with Gasteiger partial charge in [0.1, 0.15) is 30.8 Å². The molecule has 4 aromatic rings. The van der Waals surface area contributed by atoms with Crippen LogP contribution in [-0.2, 0) is 13.5 Å². The van der Waals surface area contributed by atoms with Crippen molar-refractivity contribution in [3.63, 3.8) is 0 Å². The number of halogens is 2. The van der Waals surface area contributed by atoms with Crippen molar-refractivity contribution >= 4 is 67.2 Å². The summed E-state index contributed by atoms with van der Waals surface area (Å²) in [5, 5.41) is 2.12. The van der Waals surface area contributed by atoms with Gasteiger partial charge < -0.3 is 9.55 Å². The molecule has 0 fully saturated rings. The molecular weight excluding hydrogens is 506 g/mol. The minimum Gasteiger partial charge on any atom is -0.343 e. The number of H-pyrrole nitrogens is 1. The lowest BCUT2D eigenvalue weighted by Gasteiger charge is -2.02. The third kappa shape index (κ3) is 2.37. The number of hydrogen-bond acceptors (Lipinski definition) is 4. The van der Waals surface area contributed by atoms with Crippen LogP contribution in [0, 0.1) is 7.40 Å². The molecule has 4 rings (SSSR count). The van der Waals surface area contributed by atoms with E-state index in [0.29, 0.717) is 6.42 Å². The van der Waals surface area contributed by atoms with Crippen LogP contribution in [0.3, 0.4) is 0 Å². The first-order valence-electron chi connectivity index (χ1n) is 6.57. The van der Waals surface area contributed by atoms with Crippen molar-refractivity contribution in [2.45, 2.75) is 6.42 Å². The van der Waals surface area contributed by atoms with Crippen LogP contribution in [0.5, 0.6) is 0 Å². The Hall–Kier alpha value is -1.30. The summed E-state index contributed by atoms with van der Waals surface area (Å²) in [5.41, 5.74) is 2.85. The van der Waals surface area contributed by atoms with Gasteiger partial charge in [-0.3, -0.25) is 0 Å². The smallest absolute Gasteiger partial charge is 0.144 e. The van der Waals surface area contributed by atoms with Crippen molar-refractivity contribution in [1.82, 2.24) is 29.5 Å². The van der Waals surface area contributed by atoms with E-state index in [2.05, 4.69) is 76.2 Å². The Morgan fingerprint density at radius 2 is 2.00 bits per heavy atom. The lowest BCUT2D eigenvalue weighted by atomic mass is 10.3. The third-order valence-electron chi connectivity index (χ3n) is 3.51. The maximum atomic E-state index is 4.67. The van der Waals surface area contributed by atoms with Gasteiger partial charge in [-0.05, 0) is 57.3 Å². The topological polar surface area (TPSA) is 72.3 Å². The van der Waals surface area contributed by atoms with Crippen LogP contribution in [0.1, 0.15) is 11.5 Å². The summed E-state index contributed by atoms with van der Waals surface area (Å²) in [6.45, 7) is 0. The number of aromatic amines is 1. The highest BCUT2D eigenvalue weighted by atomic mass is 127. The van der Waals surface area contributed by atoms with Crippen molar-refractivity contribution in [3.05, 3.63) is 43.6 Å². The zero-order valence-electron chi connectivity index (χ0n) is 11.5. The molecule has 0 unspecified atom stereocenters. The maximum Gasteiger partial charge on any atom is 0.144 e. The average molecular weight is 516 g/mol. The molecule has 0 spiro atoms. The summed E-state index contributed by atoms with van der Waals surface area (Å²) in [4.78, 5) is 21.1. The van der Waals surface area contributed by atoms with Gasteiger partial charge in [0.15, 0.2) is 0 Å². The lowest BCUT2D eigenvalue weighted by molar-refractivity contribution is 0.902. The maximum absolute atomic E-state index is 4.67. The van der Waals surface area contributed by atoms with Crippen LogP contribution in [0.25, 0.3) is 22.1 Å². The normalized spacial score (nSPS) is 11.6. The van der Waals surface area contributed by atoms with Crippen molar-refractivity contribution in [2.75, 3.05) is 0 Å². The minimum atomic E-state index is 0.642. The Labute approximate surface area is 153 Å². The molecule has 0 saturated heterocycles. The first-order valence-corrected chi connectivity index (χ1v) is 8.73. The first kappa shape index (κ1) is 14.3. The molecule has 0 radical (unpaired) electrons. The zero-order chi connectivity index (χ0) is 15.3. The van der Waals surface area contributed by atoms with Crippen LogP contribution in [0.15, 0.2) is 24.7 Å². The SMILES string of the molecule is Cn1ccc2c(I)nc(Cc3cc4c(I)ncnc4[nH]3)nc21. The second-order valence-corrected chi connectivity index (χ2v) is 7.04. The van der Waals surface area contributed by atoms with Gasteiger partial charge in [0, 0.05) is 25.4 Å². The molecule has 22 heavy (non-hydrogen) atoms. The van der Waals surface area contributed by atoms with Gasteiger partial charge in [-0.2, -0.15) is 0 Å². The Kier molecular flexibility index (Phi) is 3.51.